The van der Waals surface area contributed by atoms with Crippen molar-refractivity contribution in [2.24, 2.45) is 35.0 Å². The van der Waals surface area contributed by atoms with E-state index in [1.165, 1.54) is 38.5 Å². The number of halogens is 2. The van der Waals surface area contributed by atoms with Gasteiger partial charge in [-0.15, -0.1) is 4.33 Å². The molecule has 0 N–H and O–H groups in total. The summed E-state index contributed by atoms with van der Waals surface area (Å²) in [6.07, 6.45) is 14.8. The lowest BCUT2D eigenvalue weighted by atomic mass is 9.48. The predicted molar refractivity (Wildman–Crippen MR) is 131 cm³/mol. The molecule has 2 atom stereocenters. The summed E-state index contributed by atoms with van der Waals surface area (Å²) < 4.78 is 44.5. The van der Waals surface area contributed by atoms with Crippen LogP contribution in [-0.2, 0) is 33.3 Å². The molecule has 0 aliphatic heterocycles. The number of carbonyl (C=O) groups excluding carboxylic acids is 2. The molecule has 10 heteroatoms. The summed E-state index contributed by atoms with van der Waals surface area (Å²) in [7, 11) is 1.10. The van der Waals surface area contributed by atoms with E-state index >= 15 is 0 Å². The average molecular weight is 547 g/mol. The molecule has 6 aliphatic carbocycles. The monoisotopic (exact) mass is 546 g/mol. The number of esters is 2. The maximum atomic E-state index is 14.2. The maximum Gasteiger partial charge on any atom is 0.415 e. The second-order valence-corrected chi connectivity index (χ2v) is 13.0. The van der Waals surface area contributed by atoms with Crippen LogP contribution in [0.15, 0.2) is 0 Å². The number of hydrogen-bond acceptors (Lipinski definition) is 8. The van der Waals surface area contributed by atoms with Gasteiger partial charge < -0.3 is 9.47 Å². The van der Waals surface area contributed by atoms with Crippen LogP contribution in [0, 0.1) is 35.0 Å². The number of carbonyl (C=O) groups is 2. The fourth-order valence-electron chi connectivity index (χ4n) is 8.48. The van der Waals surface area contributed by atoms with Crippen LogP contribution in [0.1, 0.15) is 96.3 Å². The lowest BCUT2D eigenvalue weighted by Gasteiger charge is -2.58. The Morgan fingerprint density at radius 3 is 2.00 bits per heavy atom. The normalized spacial score (nSPS) is 34.6. The van der Waals surface area contributed by atoms with Crippen molar-refractivity contribution >= 4 is 24.0 Å². The van der Waals surface area contributed by atoms with Crippen molar-refractivity contribution in [3.63, 3.8) is 0 Å². The molecule has 0 radical (unpaired) electrons. The lowest BCUT2D eigenvalue weighted by molar-refractivity contribution is -0.448. The van der Waals surface area contributed by atoms with Gasteiger partial charge in [0.1, 0.15) is 24.3 Å². The maximum absolute atomic E-state index is 14.2. The molecule has 6 aliphatic rings. The molecule has 0 aromatic heterocycles. The molecule has 6 fully saturated rings. The van der Waals surface area contributed by atoms with E-state index in [1.807, 2.05) is 0 Å². The highest BCUT2D eigenvalue weighted by Crippen LogP contribution is 2.61. The van der Waals surface area contributed by atoms with Crippen molar-refractivity contribution < 1.29 is 42.1 Å². The van der Waals surface area contributed by atoms with E-state index in [1.54, 1.807) is 0 Å². The minimum Gasteiger partial charge on any atom is -0.461 e. The van der Waals surface area contributed by atoms with Gasteiger partial charge in [0.25, 0.3) is 0 Å². The van der Waals surface area contributed by atoms with Crippen molar-refractivity contribution in [1.82, 2.24) is 0 Å². The Labute approximate surface area is 222 Å². The molecule has 4 bridgehead atoms. The zero-order chi connectivity index (χ0) is 26.0. The van der Waals surface area contributed by atoms with E-state index in [4.69, 9.17) is 9.47 Å². The first-order valence-electron chi connectivity index (χ1n) is 14.2. The Hall–Kier alpha value is -0.970. The molecular weight excluding hydrogens is 506 g/mol. The largest absolute Gasteiger partial charge is 0.461 e. The molecule has 210 valence electrons. The zero-order valence-corrected chi connectivity index (χ0v) is 22.5. The van der Waals surface area contributed by atoms with Crippen molar-refractivity contribution in [3.8, 4) is 0 Å². The second kappa shape index (κ2) is 11.6. The fraction of sp³-hybridized carbons (Fsp3) is 0.926. The Balaban J connectivity index is 1.25. The van der Waals surface area contributed by atoms with Gasteiger partial charge in [0.05, 0.1) is 12.5 Å². The molecule has 7 nitrogen and oxygen atoms in total. The van der Waals surface area contributed by atoms with Gasteiger partial charge in [-0.2, -0.15) is 8.78 Å². The lowest BCUT2D eigenvalue weighted by Crippen LogP contribution is -2.58. The van der Waals surface area contributed by atoms with E-state index in [0.717, 1.165) is 52.1 Å². The molecule has 6 saturated carbocycles. The third-order valence-electron chi connectivity index (χ3n) is 9.81. The summed E-state index contributed by atoms with van der Waals surface area (Å²) in [4.78, 5) is 30.3. The van der Waals surface area contributed by atoms with Crippen LogP contribution in [0.3, 0.4) is 0 Å². The topological polar surface area (TPSA) is 80.3 Å². The van der Waals surface area contributed by atoms with Gasteiger partial charge >= 0.3 is 17.2 Å². The van der Waals surface area contributed by atoms with Crippen LogP contribution in [0.4, 0.5) is 8.78 Å². The van der Waals surface area contributed by atoms with Crippen LogP contribution in [0.2, 0.25) is 0 Å². The highest BCUT2D eigenvalue weighted by Gasteiger charge is 2.61. The smallest absolute Gasteiger partial charge is 0.415 e. The van der Waals surface area contributed by atoms with Gasteiger partial charge in [-0.3, -0.25) is 4.79 Å². The molecule has 0 spiro atoms. The highest BCUT2D eigenvalue weighted by atomic mass is 32.2. The van der Waals surface area contributed by atoms with Crippen LogP contribution >= 0.6 is 12.0 Å². The number of ether oxygens (including phenoxy) is 2. The first-order chi connectivity index (χ1) is 17.8. The molecule has 0 aromatic rings. The molecule has 0 saturated heterocycles. The van der Waals surface area contributed by atoms with E-state index < -0.39 is 34.8 Å². The van der Waals surface area contributed by atoms with E-state index in [9.17, 15) is 18.4 Å². The summed E-state index contributed by atoms with van der Waals surface area (Å²) >= 11 is -0.454. The summed E-state index contributed by atoms with van der Waals surface area (Å²) in [5.74, 6) is -0.703. The quantitative estimate of drug-likeness (QED) is 0.100. The van der Waals surface area contributed by atoms with Crippen molar-refractivity contribution in [1.29, 1.82) is 0 Å². The average Bonchev–Trinajstić information content (AvgIpc) is 2.89. The van der Waals surface area contributed by atoms with Crippen molar-refractivity contribution in [2.45, 2.75) is 114 Å². The second-order valence-electron chi connectivity index (χ2n) is 12.2. The van der Waals surface area contributed by atoms with Crippen molar-refractivity contribution in [2.75, 3.05) is 7.11 Å². The minimum absolute atomic E-state index is 0.000217. The number of alkyl halides is 2. The van der Waals surface area contributed by atoms with Gasteiger partial charge in [0, 0.05) is 0 Å². The first kappa shape index (κ1) is 27.6. The zero-order valence-electron chi connectivity index (χ0n) is 21.7. The van der Waals surface area contributed by atoms with Gasteiger partial charge in [0.15, 0.2) is 0 Å². The van der Waals surface area contributed by atoms with Gasteiger partial charge in [-0.25, -0.2) is 9.68 Å². The number of hydrogen-bond donors (Lipinski definition) is 0. The molecule has 2 unspecified atom stereocenters. The Morgan fingerprint density at radius 2 is 1.46 bits per heavy atom. The molecule has 0 heterocycles. The summed E-state index contributed by atoms with van der Waals surface area (Å²) in [5, 5.41) is 0.0529. The molecule has 0 amide bonds. The minimum atomic E-state index is -3.93. The van der Waals surface area contributed by atoms with Crippen LogP contribution in [0.5, 0.6) is 0 Å². The predicted octanol–water partition coefficient (Wildman–Crippen LogP) is 6.55. The first-order valence-corrected chi connectivity index (χ1v) is 14.9. The Kier molecular flexibility index (Phi) is 8.68. The Bertz CT molecular complexity index is 781. The summed E-state index contributed by atoms with van der Waals surface area (Å²) in [5.41, 5.74) is -0.576. The summed E-state index contributed by atoms with van der Waals surface area (Å²) in [6.45, 7) is 0. The van der Waals surface area contributed by atoms with Gasteiger partial charge in [-0.05, 0) is 87.4 Å². The molecule has 0 aromatic carbocycles. The van der Waals surface area contributed by atoms with Crippen molar-refractivity contribution in [3.05, 3.63) is 0 Å². The Morgan fingerprint density at radius 1 is 0.892 bits per heavy atom. The third-order valence-corrected chi connectivity index (χ3v) is 10.3. The van der Waals surface area contributed by atoms with E-state index in [0.29, 0.717) is 30.6 Å². The number of rotatable bonds is 10. The highest BCUT2D eigenvalue weighted by molar-refractivity contribution is 7.96. The molecule has 37 heavy (non-hydrogen) atoms. The van der Waals surface area contributed by atoms with Gasteiger partial charge in [-0.1, -0.05) is 43.6 Å². The molecule has 6 rings (SSSR count). The van der Waals surface area contributed by atoms with Crippen LogP contribution in [0.25, 0.3) is 0 Å². The third kappa shape index (κ3) is 5.97. The summed E-state index contributed by atoms with van der Waals surface area (Å²) in [6, 6.07) is 0. The van der Waals surface area contributed by atoms with E-state index in [2.05, 4.69) is 14.3 Å². The molecular formula is C27H40F2O7S. The van der Waals surface area contributed by atoms with Crippen LogP contribution < -0.4 is 0 Å². The van der Waals surface area contributed by atoms with E-state index in [-0.39, 0.29) is 23.9 Å². The SMILES string of the molecule is COOOSC(F)(F)C(=O)OC1C2CC3CC1CC(C(=O)OC(C1CCCCC1)C1CCCCC1)(C3)C2. The standard InChI is InChI=1S/C27H40F2O7S/c1-32-35-36-37-27(28,29)25(31)34-23-20-12-17-13-21(23)16-26(14-17,15-20)24(30)33-22(18-8-4-2-5-9-18)19-10-6-3-7-11-19/h17-23H,2-16H2,1H3. The van der Waals surface area contributed by atoms with Crippen LogP contribution in [-0.4, -0.2) is 36.5 Å². The van der Waals surface area contributed by atoms with Gasteiger partial charge in [0.2, 0.25) is 0 Å². The fourth-order valence-corrected chi connectivity index (χ4v) is 8.77.